The highest BCUT2D eigenvalue weighted by Crippen LogP contribution is 2.33. The predicted molar refractivity (Wildman–Crippen MR) is 57.1 cm³/mol. The maximum atomic E-state index is 12.0. The minimum Gasteiger partial charge on any atom is -0.300 e. The highest BCUT2D eigenvalue weighted by atomic mass is 32.1. The number of nitrogens with one attached hydrogen (secondary N) is 1. The Morgan fingerprint density at radius 3 is 2.36 bits per heavy atom. The first-order valence-electron chi connectivity index (χ1n) is 5.07. The molecule has 2 fully saturated rings. The summed E-state index contributed by atoms with van der Waals surface area (Å²) in [5.74, 6) is 5.62. The van der Waals surface area contributed by atoms with Crippen LogP contribution in [0.4, 0.5) is 0 Å². The van der Waals surface area contributed by atoms with Crippen LogP contribution in [0.1, 0.15) is 32.1 Å². The number of carbonyl (C=O) groups is 1. The number of hydrogen-bond acceptors (Lipinski definition) is 3. The highest BCUT2D eigenvalue weighted by Gasteiger charge is 2.39. The van der Waals surface area contributed by atoms with Gasteiger partial charge in [-0.2, -0.15) is 0 Å². The molecule has 2 saturated carbocycles. The molecule has 0 radical (unpaired) electrons. The van der Waals surface area contributed by atoms with Crippen molar-refractivity contribution in [1.29, 1.82) is 0 Å². The van der Waals surface area contributed by atoms with Crippen molar-refractivity contribution in [3.63, 3.8) is 0 Å². The van der Waals surface area contributed by atoms with Gasteiger partial charge in [-0.05, 0) is 37.9 Å². The number of hydrogen-bond donors (Lipinski definition) is 2. The van der Waals surface area contributed by atoms with Gasteiger partial charge in [-0.15, -0.1) is 0 Å². The van der Waals surface area contributed by atoms with Crippen LogP contribution in [0.2, 0.25) is 0 Å². The molecule has 2 aliphatic rings. The normalized spacial score (nSPS) is 21.2. The van der Waals surface area contributed by atoms with Crippen molar-refractivity contribution in [3.05, 3.63) is 0 Å². The van der Waals surface area contributed by atoms with Crippen molar-refractivity contribution in [2.24, 2.45) is 11.8 Å². The Bertz CT molecular complexity index is 261. The van der Waals surface area contributed by atoms with Crippen LogP contribution in [-0.4, -0.2) is 22.0 Å². The molecule has 0 saturated heterocycles. The molecule has 0 spiro atoms. The van der Waals surface area contributed by atoms with Crippen LogP contribution in [-0.2, 0) is 4.79 Å². The van der Waals surface area contributed by atoms with E-state index in [1.54, 1.807) is 4.90 Å². The molecule has 0 aromatic carbocycles. The van der Waals surface area contributed by atoms with E-state index in [9.17, 15) is 4.79 Å². The molecule has 0 aromatic heterocycles. The Morgan fingerprint density at radius 2 is 2.00 bits per heavy atom. The molecule has 3 N–H and O–H groups in total. The molecule has 0 aliphatic heterocycles. The predicted octanol–water partition coefficient (Wildman–Crippen LogP) is 0.526. The molecule has 14 heavy (non-hydrogen) atoms. The number of thiocarbonyl (C=S) groups is 1. The maximum absolute atomic E-state index is 12.0. The lowest BCUT2D eigenvalue weighted by Crippen LogP contribution is -2.50. The number of hydrazine groups is 1. The second-order valence-electron chi connectivity index (χ2n) is 4.02. The van der Waals surface area contributed by atoms with Gasteiger partial charge in [-0.25, -0.2) is 5.84 Å². The average molecular weight is 213 g/mol. The molecule has 4 nitrogen and oxygen atoms in total. The molecule has 0 aromatic rings. The van der Waals surface area contributed by atoms with Crippen LogP contribution in [0.25, 0.3) is 0 Å². The van der Waals surface area contributed by atoms with E-state index in [1.165, 1.54) is 0 Å². The molecule has 5 heteroatoms. The molecule has 0 unspecified atom stereocenters. The van der Waals surface area contributed by atoms with Crippen molar-refractivity contribution >= 4 is 23.2 Å². The van der Waals surface area contributed by atoms with Gasteiger partial charge in [0, 0.05) is 12.0 Å². The molecular weight excluding hydrogens is 198 g/mol. The van der Waals surface area contributed by atoms with Gasteiger partial charge < -0.3 is 5.43 Å². The van der Waals surface area contributed by atoms with Crippen LogP contribution in [0.5, 0.6) is 0 Å². The standard InChI is InChI=1S/C9H15N3OS/c10-11-9(14)12(7-4-5-7)8(13)6-2-1-3-6/h6-7H,1-5,10H2,(H,11,14). The van der Waals surface area contributed by atoms with Gasteiger partial charge in [0.15, 0.2) is 5.11 Å². The van der Waals surface area contributed by atoms with E-state index in [2.05, 4.69) is 5.43 Å². The molecule has 0 bridgehead atoms. The van der Waals surface area contributed by atoms with Crippen LogP contribution in [0.3, 0.4) is 0 Å². The fourth-order valence-electron chi connectivity index (χ4n) is 1.70. The fourth-order valence-corrected chi connectivity index (χ4v) is 1.94. The maximum Gasteiger partial charge on any atom is 0.232 e. The van der Waals surface area contributed by atoms with Crippen molar-refractivity contribution in [2.45, 2.75) is 38.1 Å². The van der Waals surface area contributed by atoms with Gasteiger partial charge in [-0.3, -0.25) is 9.69 Å². The van der Waals surface area contributed by atoms with Gasteiger partial charge in [-0.1, -0.05) is 6.42 Å². The summed E-state index contributed by atoms with van der Waals surface area (Å²) in [6.07, 6.45) is 5.29. The molecular formula is C9H15N3OS. The second kappa shape index (κ2) is 3.82. The van der Waals surface area contributed by atoms with Gasteiger partial charge in [0.2, 0.25) is 5.91 Å². The van der Waals surface area contributed by atoms with Crippen molar-refractivity contribution < 1.29 is 4.79 Å². The lowest BCUT2D eigenvalue weighted by Gasteiger charge is -2.31. The van der Waals surface area contributed by atoms with Crippen LogP contribution < -0.4 is 11.3 Å². The summed E-state index contributed by atoms with van der Waals surface area (Å²) in [6.45, 7) is 0. The van der Waals surface area contributed by atoms with Crippen molar-refractivity contribution in [1.82, 2.24) is 10.3 Å². The van der Waals surface area contributed by atoms with E-state index in [1.807, 2.05) is 0 Å². The molecule has 1 amide bonds. The Hall–Kier alpha value is -0.680. The Morgan fingerprint density at radius 1 is 1.36 bits per heavy atom. The smallest absolute Gasteiger partial charge is 0.232 e. The van der Waals surface area contributed by atoms with Crippen molar-refractivity contribution in [2.75, 3.05) is 0 Å². The third kappa shape index (κ3) is 1.74. The Kier molecular flexibility index (Phi) is 2.69. The lowest BCUT2D eigenvalue weighted by molar-refractivity contribution is -0.134. The first kappa shape index (κ1) is 9.86. The highest BCUT2D eigenvalue weighted by molar-refractivity contribution is 7.80. The minimum absolute atomic E-state index is 0.168. The van der Waals surface area contributed by atoms with Gasteiger partial charge in [0.1, 0.15) is 0 Å². The molecule has 2 aliphatic carbocycles. The zero-order valence-electron chi connectivity index (χ0n) is 8.03. The lowest BCUT2D eigenvalue weighted by atomic mass is 9.84. The summed E-state index contributed by atoms with van der Waals surface area (Å²) in [4.78, 5) is 13.6. The van der Waals surface area contributed by atoms with E-state index in [0.29, 0.717) is 11.2 Å². The zero-order valence-corrected chi connectivity index (χ0v) is 8.85. The summed E-state index contributed by atoms with van der Waals surface area (Å²) in [5, 5.41) is 0.379. The number of amides is 1. The Labute approximate surface area is 88.8 Å². The number of nitrogens with zero attached hydrogens (tertiary/aromatic N) is 1. The van der Waals surface area contributed by atoms with Gasteiger partial charge >= 0.3 is 0 Å². The van der Waals surface area contributed by atoms with E-state index < -0.39 is 0 Å². The molecule has 0 heterocycles. The topological polar surface area (TPSA) is 58.4 Å². The molecule has 0 atom stereocenters. The van der Waals surface area contributed by atoms with E-state index in [-0.39, 0.29) is 11.8 Å². The fraction of sp³-hybridized carbons (Fsp3) is 0.778. The summed E-state index contributed by atoms with van der Waals surface area (Å²) in [5.41, 5.74) is 2.41. The summed E-state index contributed by atoms with van der Waals surface area (Å²) in [7, 11) is 0. The summed E-state index contributed by atoms with van der Waals surface area (Å²) in [6, 6.07) is 0.312. The molecule has 78 valence electrons. The first-order chi connectivity index (χ1) is 6.74. The monoisotopic (exact) mass is 213 g/mol. The third-order valence-corrected chi connectivity index (χ3v) is 3.26. The Balaban J connectivity index is 2.01. The zero-order chi connectivity index (χ0) is 10.1. The van der Waals surface area contributed by atoms with E-state index in [0.717, 1.165) is 32.1 Å². The van der Waals surface area contributed by atoms with Gasteiger partial charge in [0.25, 0.3) is 0 Å². The quantitative estimate of drug-likeness (QED) is 0.399. The van der Waals surface area contributed by atoms with Crippen LogP contribution >= 0.6 is 12.2 Å². The molecule has 2 rings (SSSR count). The SMILES string of the molecule is NNC(=S)N(C(=O)C1CCC1)C1CC1. The average Bonchev–Trinajstić information content (AvgIpc) is 2.85. The number of nitrogens with two attached hydrogens (primary N) is 1. The number of rotatable bonds is 2. The van der Waals surface area contributed by atoms with Crippen LogP contribution in [0.15, 0.2) is 0 Å². The largest absolute Gasteiger partial charge is 0.300 e. The van der Waals surface area contributed by atoms with Crippen LogP contribution in [0, 0.1) is 5.92 Å². The van der Waals surface area contributed by atoms with E-state index >= 15 is 0 Å². The minimum atomic E-state index is 0.168. The first-order valence-corrected chi connectivity index (χ1v) is 5.48. The summed E-state index contributed by atoms with van der Waals surface area (Å²) < 4.78 is 0. The van der Waals surface area contributed by atoms with E-state index in [4.69, 9.17) is 18.1 Å². The van der Waals surface area contributed by atoms with Gasteiger partial charge in [0.05, 0.1) is 0 Å². The second-order valence-corrected chi connectivity index (χ2v) is 4.40. The number of carbonyl (C=O) groups excluding carboxylic acids is 1. The van der Waals surface area contributed by atoms with Crippen molar-refractivity contribution in [3.8, 4) is 0 Å². The summed E-state index contributed by atoms with van der Waals surface area (Å²) >= 11 is 5.03. The third-order valence-electron chi connectivity index (χ3n) is 2.95.